The van der Waals surface area contributed by atoms with Gasteiger partial charge in [-0.25, -0.2) is 8.42 Å². The Morgan fingerprint density at radius 3 is 2.65 bits per heavy atom. The lowest BCUT2D eigenvalue weighted by atomic mass is 10.3. The van der Waals surface area contributed by atoms with Crippen LogP contribution >= 0.6 is 0 Å². The molecule has 1 rings (SSSR count). The molecule has 2 N–H and O–H groups in total. The molecule has 0 radical (unpaired) electrons. The van der Waals surface area contributed by atoms with E-state index in [1.54, 1.807) is 6.92 Å². The van der Waals surface area contributed by atoms with Crippen LogP contribution in [0.25, 0.3) is 0 Å². The Kier molecular flexibility index (Phi) is 4.06. The molecule has 1 atom stereocenters. The first-order chi connectivity index (χ1) is 7.78. The molecule has 6 nitrogen and oxygen atoms in total. The third-order valence-corrected chi connectivity index (χ3v) is 3.05. The van der Waals surface area contributed by atoms with Crippen molar-refractivity contribution in [2.24, 2.45) is 0 Å². The van der Waals surface area contributed by atoms with E-state index in [9.17, 15) is 18.0 Å². The molecule has 1 unspecified atom stereocenters. The summed E-state index contributed by atoms with van der Waals surface area (Å²) in [7, 11) is -3.15. The summed E-state index contributed by atoms with van der Waals surface area (Å²) in [6.45, 7) is 1.58. The Morgan fingerprint density at radius 2 is 2.12 bits per heavy atom. The number of carbonyl (C=O) groups is 1. The second-order valence-corrected chi connectivity index (χ2v) is 6.08. The lowest BCUT2D eigenvalue weighted by Gasteiger charge is -2.12. The number of carbonyl (C=O) groups excluding carboxylic acids is 1. The van der Waals surface area contributed by atoms with Crippen molar-refractivity contribution in [2.45, 2.75) is 13.0 Å². The van der Waals surface area contributed by atoms with E-state index in [1.807, 2.05) is 0 Å². The van der Waals surface area contributed by atoms with E-state index in [4.69, 9.17) is 0 Å². The summed E-state index contributed by atoms with van der Waals surface area (Å²) in [4.78, 5) is 25.0. The van der Waals surface area contributed by atoms with Crippen molar-refractivity contribution in [1.29, 1.82) is 0 Å². The summed E-state index contributed by atoms with van der Waals surface area (Å²) >= 11 is 0. The van der Waals surface area contributed by atoms with Gasteiger partial charge in [0.1, 0.15) is 15.5 Å². The van der Waals surface area contributed by atoms with Crippen molar-refractivity contribution in [2.75, 3.05) is 12.0 Å². The molecule has 0 saturated heterocycles. The summed E-state index contributed by atoms with van der Waals surface area (Å²) in [5.74, 6) is -0.644. The molecule has 0 aliphatic heterocycles. The fourth-order valence-electron chi connectivity index (χ4n) is 1.38. The highest BCUT2D eigenvalue weighted by Crippen LogP contribution is 1.94. The summed E-state index contributed by atoms with van der Waals surface area (Å²) in [5, 5.41) is 2.49. The minimum atomic E-state index is -3.15. The number of aromatic amines is 1. The molecule has 0 saturated carbocycles. The molecule has 0 aliphatic carbocycles. The van der Waals surface area contributed by atoms with Crippen LogP contribution in [0, 0.1) is 0 Å². The van der Waals surface area contributed by atoms with Gasteiger partial charge in [0.25, 0.3) is 5.91 Å². The average molecular weight is 258 g/mol. The van der Waals surface area contributed by atoms with Gasteiger partial charge < -0.3 is 10.3 Å². The van der Waals surface area contributed by atoms with Crippen LogP contribution in [-0.4, -0.2) is 37.4 Å². The Balaban J connectivity index is 2.70. The van der Waals surface area contributed by atoms with Crippen LogP contribution in [0.2, 0.25) is 0 Å². The number of hydrogen-bond acceptors (Lipinski definition) is 4. The van der Waals surface area contributed by atoms with Crippen LogP contribution in [-0.2, 0) is 9.84 Å². The van der Waals surface area contributed by atoms with Gasteiger partial charge in [0.05, 0.1) is 5.75 Å². The molecule has 1 heterocycles. The Bertz CT molecular complexity index is 562. The minimum Gasteiger partial charge on any atom is -0.347 e. The maximum atomic E-state index is 11.6. The minimum absolute atomic E-state index is 0.109. The molecule has 7 heteroatoms. The van der Waals surface area contributed by atoms with E-state index in [2.05, 4.69) is 10.3 Å². The highest BCUT2D eigenvalue weighted by atomic mass is 32.2. The SMILES string of the molecule is CC(CS(C)(=O)=O)NC(=O)c1cccc(=O)[nH]1. The molecule has 0 aromatic carbocycles. The van der Waals surface area contributed by atoms with Crippen LogP contribution < -0.4 is 10.9 Å². The molecule has 1 amide bonds. The van der Waals surface area contributed by atoms with Crippen molar-refractivity contribution >= 4 is 15.7 Å². The van der Waals surface area contributed by atoms with Crippen molar-refractivity contribution < 1.29 is 13.2 Å². The molecular weight excluding hydrogens is 244 g/mol. The van der Waals surface area contributed by atoms with Crippen molar-refractivity contribution in [3.05, 3.63) is 34.2 Å². The third kappa shape index (κ3) is 4.81. The van der Waals surface area contributed by atoms with E-state index in [0.29, 0.717) is 0 Å². The monoisotopic (exact) mass is 258 g/mol. The molecule has 17 heavy (non-hydrogen) atoms. The van der Waals surface area contributed by atoms with E-state index >= 15 is 0 Å². The normalized spacial score (nSPS) is 13.1. The van der Waals surface area contributed by atoms with Crippen molar-refractivity contribution in [1.82, 2.24) is 10.3 Å². The van der Waals surface area contributed by atoms with Crippen LogP contribution in [0.5, 0.6) is 0 Å². The molecule has 1 aromatic rings. The molecule has 0 bridgehead atoms. The van der Waals surface area contributed by atoms with Gasteiger partial charge in [0.15, 0.2) is 0 Å². The number of rotatable bonds is 4. The van der Waals surface area contributed by atoms with Crippen molar-refractivity contribution in [3.8, 4) is 0 Å². The van der Waals surface area contributed by atoms with Crippen molar-refractivity contribution in [3.63, 3.8) is 0 Å². The largest absolute Gasteiger partial charge is 0.347 e. The Labute approximate surface area is 99.0 Å². The summed E-state index contributed by atoms with van der Waals surface area (Å²) in [6.07, 6.45) is 1.10. The van der Waals surface area contributed by atoms with Gasteiger partial charge in [-0.3, -0.25) is 9.59 Å². The van der Waals surface area contributed by atoms with Crippen LogP contribution in [0.1, 0.15) is 17.4 Å². The van der Waals surface area contributed by atoms with Crippen LogP contribution in [0.3, 0.4) is 0 Å². The molecule has 1 aromatic heterocycles. The van der Waals surface area contributed by atoms with E-state index in [0.717, 1.165) is 6.26 Å². The van der Waals surface area contributed by atoms with Gasteiger partial charge in [-0.2, -0.15) is 0 Å². The first kappa shape index (κ1) is 13.4. The number of nitrogens with one attached hydrogen (secondary N) is 2. The summed E-state index contributed by atoms with van der Waals surface area (Å²) in [6, 6.07) is 3.68. The molecular formula is C10H14N2O4S. The predicted octanol–water partition coefficient (Wildman–Crippen LogP) is -0.462. The van der Waals surface area contributed by atoms with E-state index in [-0.39, 0.29) is 17.0 Å². The number of hydrogen-bond donors (Lipinski definition) is 2. The van der Waals surface area contributed by atoms with Crippen LogP contribution in [0.4, 0.5) is 0 Å². The third-order valence-electron chi connectivity index (χ3n) is 1.94. The average Bonchev–Trinajstić information content (AvgIpc) is 2.14. The lowest BCUT2D eigenvalue weighted by molar-refractivity contribution is 0.0938. The number of amides is 1. The van der Waals surface area contributed by atoms with Gasteiger partial charge in [-0.1, -0.05) is 6.07 Å². The summed E-state index contributed by atoms with van der Waals surface area (Å²) in [5.41, 5.74) is -0.272. The number of aromatic nitrogens is 1. The zero-order chi connectivity index (χ0) is 13.1. The Morgan fingerprint density at radius 1 is 1.47 bits per heavy atom. The van der Waals surface area contributed by atoms with E-state index < -0.39 is 21.8 Å². The van der Waals surface area contributed by atoms with Gasteiger partial charge in [-0.05, 0) is 13.0 Å². The molecule has 0 fully saturated rings. The fraction of sp³-hybridized carbons (Fsp3) is 0.400. The maximum Gasteiger partial charge on any atom is 0.268 e. The predicted molar refractivity (Wildman–Crippen MR) is 63.7 cm³/mol. The van der Waals surface area contributed by atoms with E-state index in [1.165, 1.54) is 18.2 Å². The lowest BCUT2D eigenvalue weighted by Crippen LogP contribution is -2.38. The van der Waals surface area contributed by atoms with Gasteiger partial charge >= 0.3 is 0 Å². The second-order valence-electron chi connectivity index (χ2n) is 3.90. The second kappa shape index (κ2) is 5.13. The number of pyridine rings is 1. The van der Waals surface area contributed by atoms with Gasteiger partial charge in [-0.15, -0.1) is 0 Å². The highest BCUT2D eigenvalue weighted by molar-refractivity contribution is 7.90. The molecule has 94 valence electrons. The molecule has 0 aliphatic rings. The smallest absolute Gasteiger partial charge is 0.268 e. The standard InChI is InChI=1S/C10H14N2O4S/c1-7(6-17(2,15)16)11-10(14)8-4-3-5-9(13)12-8/h3-5,7H,6H2,1-2H3,(H,11,14)(H,12,13). The number of sulfone groups is 1. The zero-order valence-electron chi connectivity index (χ0n) is 9.56. The maximum absolute atomic E-state index is 11.6. The molecule has 0 spiro atoms. The van der Waals surface area contributed by atoms with Gasteiger partial charge in [0.2, 0.25) is 5.56 Å². The highest BCUT2D eigenvalue weighted by Gasteiger charge is 2.14. The number of H-pyrrole nitrogens is 1. The first-order valence-corrected chi connectivity index (χ1v) is 7.02. The van der Waals surface area contributed by atoms with Gasteiger partial charge in [0, 0.05) is 18.4 Å². The summed E-state index contributed by atoms with van der Waals surface area (Å²) < 4.78 is 22.0. The fourth-order valence-corrected chi connectivity index (χ4v) is 2.37. The Hall–Kier alpha value is -1.63. The topological polar surface area (TPSA) is 96.1 Å². The quantitative estimate of drug-likeness (QED) is 0.763. The first-order valence-electron chi connectivity index (χ1n) is 4.96. The van der Waals surface area contributed by atoms with Crippen LogP contribution in [0.15, 0.2) is 23.0 Å². The zero-order valence-corrected chi connectivity index (χ0v) is 10.4.